The summed E-state index contributed by atoms with van der Waals surface area (Å²) in [5, 5.41) is 0. The van der Waals surface area contributed by atoms with Gasteiger partial charge in [0, 0.05) is 5.56 Å². The first-order chi connectivity index (χ1) is 20.9. The van der Waals surface area contributed by atoms with Crippen molar-refractivity contribution < 1.29 is 70.7 Å². The van der Waals surface area contributed by atoms with Crippen LogP contribution in [0.1, 0.15) is 87.1 Å². The Morgan fingerprint density at radius 3 is 1.37 bits per heavy atom. The lowest BCUT2D eigenvalue weighted by Crippen LogP contribution is -2.73. The Morgan fingerprint density at radius 1 is 0.565 bits per heavy atom. The molecule has 1 nitrogen and oxygen atoms in total. The Labute approximate surface area is 255 Å². The fourth-order valence-electron chi connectivity index (χ4n) is 6.50. The van der Waals surface area contributed by atoms with Crippen LogP contribution in [0, 0.1) is 23.7 Å². The SMILES string of the molecule is CCC1CCC(C2CCC(CCc3ccc(C(=O)C(F)(F)C(F)(F)C(F)(F)C(F)(F)C(F)(F)C(F)(F)C(F)(F)F)cc3)CC2)CC1. The van der Waals surface area contributed by atoms with Crippen molar-refractivity contribution in [2.75, 3.05) is 0 Å². The summed E-state index contributed by atoms with van der Waals surface area (Å²) in [6.07, 6.45) is 3.35. The first kappa shape index (κ1) is 38.3. The number of carbonyl (C=O) groups excluding carboxylic acids is 1. The summed E-state index contributed by atoms with van der Waals surface area (Å²) in [5.74, 6) is -48.8. The molecule has 2 fully saturated rings. The number of alkyl halides is 15. The predicted octanol–water partition coefficient (Wildman–Crippen LogP) is 11.2. The van der Waals surface area contributed by atoms with Gasteiger partial charge in [0.25, 0.3) is 0 Å². The molecule has 0 saturated heterocycles. The van der Waals surface area contributed by atoms with Gasteiger partial charge < -0.3 is 0 Å². The summed E-state index contributed by atoms with van der Waals surface area (Å²) >= 11 is 0. The minimum Gasteiger partial charge on any atom is -0.287 e. The zero-order valence-corrected chi connectivity index (χ0v) is 24.5. The Balaban J connectivity index is 1.66. The first-order valence-electron chi connectivity index (χ1n) is 14.8. The highest BCUT2D eigenvalue weighted by Crippen LogP contribution is 2.62. The zero-order valence-electron chi connectivity index (χ0n) is 24.5. The number of rotatable bonds is 12. The molecule has 16 heteroatoms. The molecule has 0 bridgehead atoms. The lowest BCUT2D eigenvalue weighted by molar-refractivity contribution is -0.449. The summed E-state index contributed by atoms with van der Waals surface area (Å²) in [7, 11) is 0. The topological polar surface area (TPSA) is 17.1 Å². The van der Waals surface area contributed by atoms with Crippen LogP contribution in [0.5, 0.6) is 0 Å². The van der Waals surface area contributed by atoms with E-state index in [1.807, 2.05) is 0 Å². The van der Waals surface area contributed by atoms with Gasteiger partial charge in [-0.25, -0.2) is 0 Å². The average Bonchev–Trinajstić information content (AvgIpc) is 2.99. The maximum Gasteiger partial charge on any atom is 0.460 e. The van der Waals surface area contributed by atoms with Crippen LogP contribution in [0.3, 0.4) is 0 Å². The lowest BCUT2D eigenvalue weighted by Gasteiger charge is -2.41. The van der Waals surface area contributed by atoms with E-state index < -0.39 is 53.1 Å². The van der Waals surface area contributed by atoms with E-state index in [1.54, 1.807) is 0 Å². The van der Waals surface area contributed by atoms with Crippen molar-refractivity contribution in [1.82, 2.24) is 0 Å². The second-order valence-electron chi connectivity index (χ2n) is 12.5. The van der Waals surface area contributed by atoms with Crippen LogP contribution >= 0.6 is 0 Å². The van der Waals surface area contributed by atoms with Gasteiger partial charge >= 0.3 is 41.7 Å². The average molecular weight is 695 g/mol. The molecule has 2 saturated carbocycles. The highest BCUT2D eigenvalue weighted by molar-refractivity contribution is 6.02. The van der Waals surface area contributed by atoms with Gasteiger partial charge in [-0.3, -0.25) is 4.79 Å². The van der Waals surface area contributed by atoms with E-state index in [-0.39, 0.29) is 0 Å². The highest BCUT2D eigenvalue weighted by atomic mass is 19.4. The Hall–Kier alpha value is -2.16. The normalized spacial score (nSPS) is 24.6. The van der Waals surface area contributed by atoms with Crippen LogP contribution in [0.4, 0.5) is 65.9 Å². The largest absolute Gasteiger partial charge is 0.460 e. The number of benzene rings is 1. The van der Waals surface area contributed by atoms with Gasteiger partial charge in [-0.1, -0.05) is 63.3 Å². The molecule has 264 valence electrons. The number of ketones is 1. The maximum absolute atomic E-state index is 14.4. The lowest BCUT2D eigenvalue weighted by atomic mass is 9.68. The molecule has 2 aliphatic rings. The van der Waals surface area contributed by atoms with Crippen LogP contribution in [-0.2, 0) is 6.42 Å². The summed E-state index contributed by atoms with van der Waals surface area (Å²) in [4.78, 5) is 12.1. The van der Waals surface area contributed by atoms with E-state index in [2.05, 4.69) is 6.92 Å². The molecule has 0 atom stereocenters. The van der Waals surface area contributed by atoms with Gasteiger partial charge in [-0.05, 0) is 67.8 Å². The molecule has 0 spiro atoms. The van der Waals surface area contributed by atoms with Crippen LogP contribution in [0.15, 0.2) is 24.3 Å². The monoisotopic (exact) mass is 694 g/mol. The van der Waals surface area contributed by atoms with E-state index in [0.29, 0.717) is 48.3 Å². The van der Waals surface area contributed by atoms with E-state index in [0.717, 1.165) is 43.7 Å². The van der Waals surface area contributed by atoms with Crippen LogP contribution in [0.25, 0.3) is 0 Å². The molecule has 3 rings (SSSR count). The molecule has 0 aliphatic heterocycles. The Morgan fingerprint density at radius 2 is 0.957 bits per heavy atom. The van der Waals surface area contributed by atoms with E-state index in [9.17, 15) is 70.7 Å². The molecule has 0 unspecified atom stereocenters. The number of hydrogen-bond donors (Lipinski definition) is 0. The molecule has 0 N–H and O–H groups in total. The summed E-state index contributed by atoms with van der Waals surface area (Å²) in [6, 6.07) is 2.91. The van der Waals surface area contributed by atoms with Gasteiger partial charge in [0.05, 0.1) is 0 Å². The molecule has 46 heavy (non-hydrogen) atoms. The summed E-state index contributed by atoms with van der Waals surface area (Å²) < 4.78 is 202. The molecule has 0 amide bonds. The van der Waals surface area contributed by atoms with Crippen molar-refractivity contribution in [3.63, 3.8) is 0 Å². The Kier molecular flexibility index (Phi) is 10.9. The number of Topliss-reactive ketones (excluding diaryl/α,β-unsaturated/α-hetero) is 1. The smallest absolute Gasteiger partial charge is 0.287 e. The third kappa shape index (κ3) is 6.60. The van der Waals surface area contributed by atoms with Crippen molar-refractivity contribution in [3.8, 4) is 0 Å². The van der Waals surface area contributed by atoms with Crippen LogP contribution < -0.4 is 0 Å². The number of hydrogen-bond acceptors (Lipinski definition) is 1. The molecule has 1 aromatic carbocycles. The van der Waals surface area contributed by atoms with Gasteiger partial charge in [0.15, 0.2) is 0 Å². The zero-order chi connectivity index (χ0) is 35.1. The van der Waals surface area contributed by atoms with E-state index in [4.69, 9.17) is 0 Å². The minimum atomic E-state index is -8.43. The minimum absolute atomic E-state index is 0.319. The van der Waals surface area contributed by atoms with Gasteiger partial charge in [0.2, 0.25) is 5.78 Å². The van der Waals surface area contributed by atoms with Crippen molar-refractivity contribution in [2.24, 2.45) is 23.7 Å². The quantitative estimate of drug-likeness (QED) is 0.157. The number of carbonyl (C=O) groups is 1. The Bertz CT molecular complexity index is 1170. The van der Waals surface area contributed by atoms with Gasteiger partial charge in [-0.15, -0.1) is 0 Å². The van der Waals surface area contributed by atoms with Crippen LogP contribution in [0.2, 0.25) is 0 Å². The van der Waals surface area contributed by atoms with Gasteiger partial charge in [0.1, 0.15) is 0 Å². The fraction of sp³-hybridized carbons (Fsp3) is 0.767. The van der Waals surface area contributed by atoms with Crippen LogP contribution in [-0.4, -0.2) is 47.5 Å². The van der Waals surface area contributed by atoms with Crippen molar-refractivity contribution in [1.29, 1.82) is 0 Å². The first-order valence-corrected chi connectivity index (χ1v) is 14.8. The van der Waals surface area contributed by atoms with Crippen molar-refractivity contribution in [3.05, 3.63) is 35.4 Å². The van der Waals surface area contributed by atoms with Crippen molar-refractivity contribution in [2.45, 2.75) is 119 Å². The van der Waals surface area contributed by atoms with Gasteiger partial charge in [-0.2, -0.15) is 65.9 Å². The highest BCUT2D eigenvalue weighted by Gasteiger charge is 2.94. The molecule has 2 aliphatic carbocycles. The molecular weight excluding hydrogens is 661 g/mol. The number of aryl methyl sites for hydroxylation is 1. The standard InChI is InChI=1S/C30H33F15O/c1-2-17-5-11-20(12-6-17)21-13-7-18(8-14-21)3-4-19-9-15-22(16-10-19)23(46)24(31,32)25(33,34)26(35,36)27(37,38)28(39,40)29(41,42)30(43,44)45/h9-10,15-18,20-21H,2-8,11-14H2,1H3. The van der Waals surface area contributed by atoms with E-state index >= 15 is 0 Å². The predicted molar refractivity (Wildman–Crippen MR) is 136 cm³/mol. The maximum atomic E-state index is 14.4. The fourth-order valence-corrected chi connectivity index (χ4v) is 6.50. The molecular formula is C30H33F15O. The van der Waals surface area contributed by atoms with E-state index in [1.165, 1.54) is 32.1 Å². The summed E-state index contributed by atoms with van der Waals surface area (Å²) in [5.41, 5.74) is -1.06. The second kappa shape index (κ2) is 13.0. The summed E-state index contributed by atoms with van der Waals surface area (Å²) in [6.45, 7) is 2.19. The number of halogens is 15. The third-order valence-electron chi connectivity index (χ3n) is 9.70. The molecule has 0 radical (unpaired) electrons. The molecule has 0 heterocycles. The third-order valence-corrected chi connectivity index (χ3v) is 9.70. The molecule has 0 aromatic heterocycles. The second-order valence-corrected chi connectivity index (χ2v) is 12.5. The molecule has 1 aromatic rings. The van der Waals surface area contributed by atoms with Crippen molar-refractivity contribution >= 4 is 5.78 Å².